The number of esters is 1. The fraction of sp³-hybridized carbons (Fsp3) is 0.694. The van der Waals surface area contributed by atoms with Crippen LogP contribution < -0.4 is 9.47 Å². The summed E-state index contributed by atoms with van der Waals surface area (Å²) in [5.74, 6) is 6.77. The highest BCUT2D eigenvalue weighted by atomic mass is 16.5. The molecule has 0 radical (unpaired) electrons. The SMILES string of the molecule is CCCCCCOc1ccc(-c2ccc(OCCCC(=O)O[C@H]3CC[C@@]4(C)C(=CC[C@H]5[C@@H]6CC[C@H]([C@H](C)CCCC(C)C)[C@@]6(C)CC[C@@H]54)C3)cc2)cc1. The highest BCUT2D eigenvalue weighted by Gasteiger charge is 2.59. The Balaban J connectivity index is 0.917. The summed E-state index contributed by atoms with van der Waals surface area (Å²) in [6.07, 6.45) is 22.7. The monoisotopic (exact) mass is 725 g/mol. The van der Waals surface area contributed by atoms with Crippen LogP contribution in [0.25, 0.3) is 11.1 Å². The molecule has 6 rings (SSSR count). The van der Waals surface area contributed by atoms with Gasteiger partial charge in [0, 0.05) is 12.8 Å². The first-order valence-electron chi connectivity index (χ1n) is 22.0. The molecule has 8 atom stereocenters. The normalized spacial score (nSPS) is 29.8. The predicted molar refractivity (Wildman–Crippen MR) is 219 cm³/mol. The van der Waals surface area contributed by atoms with Gasteiger partial charge in [0.25, 0.3) is 0 Å². The molecule has 0 spiro atoms. The molecule has 0 N–H and O–H groups in total. The first-order chi connectivity index (χ1) is 25.6. The van der Waals surface area contributed by atoms with E-state index in [-0.39, 0.29) is 17.5 Å². The van der Waals surface area contributed by atoms with E-state index in [1.54, 1.807) is 5.57 Å². The first kappa shape index (κ1) is 39.9. The molecule has 3 fully saturated rings. The van der Waals surface area contributed by atoms with Crippen LogP contribution >= 0.6 is 0 Å². The zero-order valence-corrected chi connectivity index (χ0v) is 34.3. The highest BCUT2D eigenvalue weighted by Crippen LogP contribution is 2.67. The highest BCUT2D eigenvalue weighted by molar-refractivity contribution is 5.69. The van der Waals surface area contributed by atoms with Gasteiger partial charge in [-0.1, -0.05) is 116 Å². The number of fused-ring (bicyclic) bond motifs is 5. The van der Waals surface area contributed by atoms with Crippen LogP contribution in [0.2, 0.25) is 0 Å². The van der Waals surface area contributed by atoms with Crippen molar-refractivity contribution in [1.29, 1.82) is 0 Å². The van der Waals surface area contributed by atoms with Crippen molar-refractivity contribution in [3.05, 3.63) is 60.2 Å². The fourth-order valence-corrected chi connectivity index (χ4v) is 11.6. The molecule has 4 aliphatic rings. The van der Waals surface area contributed by atoms with E-state index in [4.69, 9.17) is 14.2 Å². The Morgan fingerprint density at radius 1 is 0.755 bits per heavy atom. The van der Waals surface area contributed by atoms with Gasteiger partial charge in [-0.05, 0) is 140 Å². The lowest BCUT2D eigenvalue weighted by atomic mass is 9.47. The molecule has 0 aliphatic heterocycles. The Kier molecular flexibility index (Phi) is 13.8. The quantitative estimate of drug-likeness (QED) is 0.0872. The molecule has 0 amide bonds. The number of allylic oxidation sites excluding steroid dienone is 1. The number of carbonyl (C=O) groups is 1. The average Bonchev–Trinajstić information content (AvgIpc) is 3.51. The van der Waals surface area contributed by atoms with Crippen molar-refractivity contribution >= 4 is 5.97 Å². The zero-order valence-electron chi connectivity index (χ0n) is 34.3. The molecule has 0 aromatic heterocycles. The Bertz CT molecular complexity index is 1470. The maximum atomic E-state index is 13.0. The molecular formula is C49H72O4. The number of unbranched alkanes of at least 4 members (excludes halogenated alkanes) is 3. The van der Waals surface area contributed by atoms with Crippen LogP contribution in [0, 0.1) is 46.3 Å². The molecule has 4 heteroatoms. The van der Waals surface area contributed by atoms with E-state index in [2.05, 4.69) is 84.0 Å². The molecule has 0 heterocycles. The molecule has 292 valence electrons. The Hall–Kier alpha value is -2.75. The molecule has 0 unspecified atom stereocenters. The summed E-state index contributed by atoms with van der Waals surface area (Å²) in [6.45, 7) is 16.1. The van der Waals surface area contributed by atoms with Crippen molar-refractivity contribution in [2.45, 2.75) is 157 Å². The van der Waals surface area contributed by atoms with Crippen molar-refractivity contribution in [3.8, 4) is 22.6 Å². The van der Waals surface area contributed by atoms with E-state index in [0.29, 0.717) is 24.9 Å². The molecule has 2 aromatic carbocycles. The average molecular weight is 725 g/mol. The van der Waals surface area contributed by atoms with Crippen molar-refractivity contribution in [2.75, 3.05) is 13.2 Å². The summed E-state index contributed by atoms with van der Waals surface area (Å²) < 4.78 is 18.0. The number of carbonyl (C=O) groups excluding carboxylic acids is 1. The number of hydrogen-bond acceptors (Lipinski definition) is 4. The molecule has 3 saturated carbocycles. The van der Waals surface area contributed by atoms with Crippen LogP contribution in [0.3, 0.4) is 0 Å². The van der Waals surface area contributed by atoms with E-state index in [1.165, 1.54) is 70.6 Å². The van der Waals surface area contributed by atoms with Crippen LogP contribution in [0.1, 0.15) is 151 Å². The second kappa shape index (κ2) is 18.3. The third-order valence-electron chi connectivity index (χ3n) is 14.7. The maximum Gasteiger partial charge on any atom is 0.306 e. The minimum atomic E-state index is -0.0758. The Morgan fingerprint density at radius 3 is 2.09 bits per heavy atom. The molecule has 0 bridgehead atoms. The predicted octanol–water partition coefficient (Wildman–Crippen LogP) is 13.4. The molecule has 2 aromatic rings. The Labute approximate surface area is 323 Å². The van der Waals surface area contributed by atoms with Crippen LogP contribution in [0.4, 0.5) is 0 Å². The van der Waals surface area contributed by atoms with Gasteiger partial charge in [-0.15, -0.1) is 0 Å². The Morgan fingerprint density at radius 2 is 1.43 bits per heavy atom. The largest absolute Gasteiger partial charge is 0.494 e. The number of hydrogen-bond donors (Lipinski definition) is 0. The van der Waals surface area contributed by atoms with E-state index in [0.717, 1.165) is 90.4 Å². The zero-order chi connectivity index (χ0) is 37.4. The van der Waals surface area contributed by atoms with Gasteiger partial charge in [-0.3, -0.25) is 4.79 Å². The lowest BCUT2D eigenvalue weighted by Crippen LogP contribution is -2.51. The lowest BCUT2D eigenvalue weighted by molar-refractivity contribution is -0.151. The van der Waals surface area contributed by atoms with Gasteiger partial charge in [0.05, 0.1) is 13.2 Å². The fourth-order valence-electron chi connectivity index (χ4n) is 11.6. The minimum Gasteiger partial charge on any atom is -0.494 e. The van der Waals surface area contributed by atoms with Crippen molar-refractivity contribution in [3.63, 3.8) is 0 Å². The summed E-state index contributed by atoms with van der Waals surface area (Å²) in [5.41, 5.74) is 4.70. The third-order valence-corrected chi connectivity index (χ3v) is 14.7. The van der Waals surface area contributed by atoms with Gasteiger partial charge in [-0.25, -0.2) is 0 Å². The number of benzene rings is 2. The molecule has 53 heavy (non-hydrogen) atoms. The van der Waals surface area contributed by atoms with Crippen molar-refractivity contribution < 1.29 is 19.0 Å². The summed E-state index contributed by atoms with van der Waals surface area (Å²) in [4.78, 5) is 13.0. The summed E-state index contributed by atoms with van der Waals surface area (Å²) in [7, 11) is 0. The molecule has 0 saturated heterocycles. The summed E-state index contributed by atoms with van der Waals surface area (Å²) in [5, 5.41) is 0. The second-order valence-corrected chi connectivity index (χ2v) is 18.6. The van der Waals surface area contributed by atoms with Crippen LogP contribution in [-0.2, 0) is 9.53 Å². The van der Waals surface area contributed by atoms with Crippen LogP contribution in [0.15, 0.2) is 60.2 Å². The first-order valence-corrected chi connectivity index (χ1v) is 22.0. The lowest BCUT2D eigenvalue weighted by Gasteiger charge is -2.58. The van der Waals surface area contributed by atoms with Gasteiger partial charge >= 0.3 is 5.97 Å². The number of rotatable bonds is 18. The van der Waals surface area contributed by atoms with E-state index in [9.17, 15) is 4.79 Å². The van der Waals surface area contributed by atoms with E-state index < -0.39 is 0 Å². The standard InChI is InChI=1S/C49H72O4/c1-7-8-9-10-32-51-40-21-16-37(17-22-40)38-18-23-41(24-19-38)52-33-12-15-47(50)53-42-28-30-48(5)39(34-42)20-25-43-45-27-26-44(36(4)14-11-13-35(2)3)49(45,6)31-29-46(43)48/h16-24,35-36,42-46H,7-15,25-34H2,1-6H3/t36-,42+,43+,44-,45+,46+,48+,49-/m1/s1. The van der Waals surface area contributed by atoms with Gasteiger partial charge in [0.15, 0.2) is 0 Å². The van der Waals surface area contributed by atoms with Crippen LogP contribution in [-0.4, -0.2) is 25.3 Å². The van der Waals surface area contributed by atoms with Gasteiger partial charge in [0.1, 0.15) is 17.6 Å². The topological polar surface area (TPSA) is 44.8 Å². The van der Waals surface area contributed by atoms with E-state index >= 15 is 0 Å². The minimum absolute atomic E-state index is 0.0228. The second-order valence-electron chi connectivity index (χ2n) is 18.6. The van der Waals surface area contributed by atoms with E-state index in [1.807, 2.05) is 12.1 Å². The molecular weight excluding hydrogens is 653 g/mol. The van der Waals surface area contributed by atoms with Gasteiger partial charge in [-0.2, -0.15) is 0 Å². The number of ether oxygens (including phenoxy) is 3. The summed E-state index contributed by atoms with van der Waals surface area (Å²) in [6, 6.07) is 16.6. The smallest absolute Gasteiger partial charge is 0.306 e. The summed E-state index contributed by atoms with van der Waals surface area (Å²) >= 11 is 0. The van der Waals surface area contributed by atoms with Crippen LogP contribution in [0.5, 0.6) is 11.5 Å². The van der Waals surface area contributed by atoms with Gasteiger partial charge < -0.3 is 14.2 Å². The van der Waals surface area contributed by atoms with Crippen molar-refractivity contribution in [2.24, 2.45) is 46.3 Å². The molecule has 4 aliphatic carbocycles. The molecule has 4 nitrogen and oxygen atoms in total. The third kappa shape index (κ3) is 9.56. The van der Waals surface area contributed by atoms with Crippen molar-refractivity contribution in [1.82, 2.24) is 0 Å². The maximum absolute atomic E-state index is 13.0. The van der Waals surface area contributed by atoms with Gasteiger partial charge in [0.2, 0.25) is 0 Å².